The SMILES string of the molecule is CCOC(C)(C)Cn1c(N)nc2cc(OC)c(OC)cc21. The average Bonchev–Trinajstić information content (AvgIpc) is 2.72. The van der Waals surface area contributed by atoms with E-state index in [1.807, 2.05) is 37.5 Å². The number of fused-ring (bicyclic) bond motifs is 1. The summed E-state index contributed by atoms with van der Waals surface area (Å²) in [6.45, 7) is 7.30. The fraction of sp³-hybridized carbons (Fsp3) is 0.533. The van der Waals surface area contributed by atoms with E-state index >= 15 is 0 Å². The van der Waals surface area contributed by atoms with Gasteiger partial charge in [0.2, 0.25) is 5.95 Å². The van der Waals surface area contributed by atoms with Crippen LogP contribution in [0.4, 0.5) is 5.95 Å². The van der Waals surface area contributed by atoms with Crippen LogP contribution in [0.25, 0.3) is 11.0 Å². The second-order valence-electron chi connectivity index (χ2n) is 5.44. The number of nitrogen functional groups attached to an aromatic ring is 1. The van der Waals surface area contributed by atoms with Gasteiger partial charge in [0.05, 0.1) is 37.4 Å². The molecule has 0 amide bonds. The molecule has 2 aromatic rings. The molecule has 1 aromatic carbocycles. The van der Waals surface area contributed by atoms with Crippen molar-refractivity contribution in [3.05, 3.63) is 12.1 Å². The predicted octanol–water partition coefficient (Wildman–Crippen LogP) is 2.45. The molecule has 0 saturated carbocycles. The minimum atomic E-state index is -0.330. The van der Waals surface area contributed by atoms with E-state index in [2.05, 4.69) is 4.98 Å². The maximum Gasteiger partial charge on any atom is 0.201 e. The lowest BCUT2D eigenvalue weighted by Gasteiger charge is -2.26. The van der Waals surface area contributed by atoms with Crippen LogP contribution in [0.5, 0.6) is 11.5 Å². The smallest absolute Gasteiger partial charge is 0.201 e. The Balaban J connectivity index is 2.51. The second-order valence-corrected chi connectivity index (χ2v) is 5.44. The number of hydrogen-bond acceptors (Lipinski definition) is 5. The molecule has 0 aliphatic heterocycles. The van der Waals surface area contributed by atoms with E-state index in [-0.39, 0.29) is 5.60 Å². The second kappa shape index (κ2) is 5.81. The van der Waals surface area contributed by atoms with Crippen LogP contribution in [-0.2, 0) is 11.3 Å². The molecule has 0 unspecified atom stereocenters. The monoisotopic (exact) mass is 293 g/mol. The van der Waals surface area contributed by atoms with Crippen LogP contribution in [0.3, 0.4) is 0 Å². The molecule has 0 radical (unpaired) electrons. The maximum absolute atomic E-state index is 6.05. The van der Waals surface area contributed by atoms with Gasteiger partial charge in [-0.3, -0.25) is 0 Å². The summed E-state index contributed by atoms with van der Waals surface area (Å²) in [6.07, 6.45) is 0. The van der Waals surface area contributed by atoms with E-state index in [4.69, 9.17) is 19.9 Å². The quantitative estimate of drug-likeness (QED) is 0.885. The van der Waals surface area contributed by atoms with Crippen LogP contribution >= 0.6 is 0 Å². The molecular formula is C15H23N3O3. The molecule has 6 heteroatoms. The summed E-state index contributed by atoms with van der Waals surface area (Å²) in [4.78, 5) is 4.39. The molecule has 0 saturated heterocycles. The van der Waals surface area contributed by atoms with Gasteiger partial charge < -0.3 is 24.5 Å². The molecular weight excluding hydrogens is 270 g/mol. The Bertz CT molecular complexity index is 635. The summed E-state index contributed by atoms with van der Waals surface area (Å²) in [7, 11) is 3.21. The van der Waals surface area contributed by atoms with Crippen molar-refractivity contribution in [3.8, 4) is 11.5 Å². The number of anilines is 1. The van der Waals surface area contributed by atoms with Gasteiger partial charge in [0.1, 0.15) is 0 Å². The Hall–Kier alpha value is -1.95. The van der Waals surface area contributed by atoms with E-state index in [1.54, 1.807) is 14.2 Å². The van der Waals surface area contributed by atoms with Gasteiger partial charge in [0, 0.05) is 18.7 Å². The summed E-state index contributed by atoms with van der Waals surface area (Å²) in [5.74, 6) is 1.74. The largest absolute Gasteiger partial charge is 0.493 e. The molecule has 0 fully saturated rings. The van der Waals surface area contributed by atoms with E-state index in [9.17, 15) is 0 Å². The third kappa shape index (κ3) is 3.05. The van der Waals surface area contributed by atoms with Crippen molar-refractivity contribution in [2.75, 3.05) is 26.6 Å². The molecule has 21 heavy (non-hydrogen) atoms. The number of methoxy groups -OCH3 is 2. The Morgan fingerprint density at radius 1 is 1.19 bits per heavy atom. The zero-order valence-corrected chi connectivity index (χ0v) is 13.3. The van der Waals surface area contributed by atoms with Crippen molar-refractivity contribution in [3.63, 3.8) is 0 Å². The zero-order valence-electron chi connectivity index (χ0n) is 13.3. The van der Waals surface area contributed by atoms with E-state index in [0.29, 0.717) is 30.6 Å². The average molecular weight is 293 g/mol. The van der Waals surface area contributed by atoms with Crippen molar-refractivity contribution >= 4 is 17.0 Å². The van der Waals surface area contributed by atoms with Gasteiger partial charge >= 0.3 is 0 Å². The molecule has 0 bridgehead atoms. The first-order valence-electron chi connectivity index (χ1n) is 6.93. The molecule has 1 aromatic heterocycles. The van der Waals surface area contributed by atoms with Crippen LogP contribution in [0.2, 0.25) is 0 Å². The summed E-state index contributed by atoms with van der Waals surface area (Å²) in [5.41, 5.74) is 7.40. The number of ether oxygens (including phenoxy) is 3. The summed E-state index contributed by atoms with van der Waals surface area (Å²) in [5, 5.41) is 0. The Labute approximate surface area is 124 Å². The van der Waals surface area contributed by atoms with Crippen LogP contribution in [-0.4, -0.2) is 36.0 Å². The summed E-state index contributed by atoms with van der Waals surface area (Å²) >= 11 is 0. The van der Waals surface area contributed by atoms with Crippen LogP contribution in [0, 0.1) is 0 Å². The van der Waals surface area contributed by atoms with Gasteiger partial charge in [0.15, 0.2) is 11.5 Å². The Morgan fingerprint density at radius 2 is 1.81 bits per heavy atom. The molecule has 1 heterocycles. The van der Waals surface area contributed by atoms with Crippen molar-refractivity contribution < 1.29 is 14.2 Å². The highest BCUT2D eigenvalue weighted by molar-refractivity contribution is 5.82. The summed E-state index contributed by atoms with van der Waals surface area (Å²) < 4.78 is 18.3. The van der Waals surface area contributed by atoms with Crippen LogP contribution < -0.4 is 15.2 Å². The maximum atomic E-state index is 6.05. The van der Waals surface area contributed by atoms with Gasteiger partial charge in [-0.2, -0.15) is 0 Å². The minimum Gasteiger partial charge on any atom is -0.493 e. The van der Waals surface area contributed by atoms with E-state index in [1.165, 1.54) is 0 Å². The predicted molar refractivity (Wildman–Crippen MR) is 83.0 cm³/mol. The van der Waals surface area contributed by atoms with E-state index in [0.717, 1.165) is 11.0 Å². The van der Waals surface area contributed by atoms with Gasteiger partial charge in [-0.1, -0.05) is 0 Å². The lowest BCUT2D eigenvalue weighted by molar-refractivity contribution is -0.0212. The highest BCUT2D eigenvalue weighted by atomic mass is 16.5. The molecule has 6 nitrogen and oxygen atoms in total. The van der Waals surface area contributed by atoms with Crippen molar-refractivity contribution in [2.45, 2.75) is 32.9 Å². The number of nitrogens with two attached hydrogens (primary N) is 1. The number of rotatable bonds is 6. The standard InChI is InChI=1S/C15H23N3O3/c1-6-21-15(2,3)9-18-11-8-13(20-5)12(19-4)7-10(11)17-14(18)16/h7-8H,6,9H2,1-5H3,(H2,16,17). The highest BCUT2D eigenvalue weighted by Crippen LogP contribution is 2.33. The number of aromatic nitrogens is 2. The van der Waals surface area contributed by atoms with Crippen LogP contribution in [0.1, 0.15) is 20.8 Å². The number of benzene rings is 1. The molecule has 2 N–H and O–H groups in total. The van der Waals surface area contributed by atoms with Crippen molar-refractivity contribution in [1.82, 2.24) is 9.55 Å². The first-order valence-corrected chi connectivity index (χ1v) is 6.93. The van der Waals surface area contributed by atoms with Gasteiger partial charge in [-0.15, -0.1) is 0 Å². The lowest BCUT2D eigenvalue weighted by atomic mass is 10.1. The zero-order chi connectivity index (χ0) is 15.6. The topological polar surface area (TPSA) is 71.5 Å². The molecule has 0 atom stereocenters. The molecule has 0 aliphatic rings. The number of nitrogens with zero attached hydrogens (tertiary/aromatic N) is 2. The van der Waals surface area contributed by atoms with Gasteiger partial charge in [0.25, 0.3) is 0 Å². The van der Waals surface area contributed by atoms with Crippen LogP contribution in [0.15, 0.2) is 12.1 Å². The van der Waals surface area contributed by atoms with Crippen molar-refractivity contribution in [1.29, 1.82) is 0 Å². The summed E-state index contributed by atoms with van der Waals surface area (Å²) in [6, 6.07) is 3.72. The first kappa shape index (κ1) is 15.4. The Kier molecular flexibility index (Phi) is 4.27. The lowest BCUT2D eigenvalue weighted by Crippen LogP contribution is -2.31. The fourth-order valence-electron chi connectivity index (χ4n) is 2.45. The highest BCUT2D eigenvalue weighted by Gasteiger charge is 2.22. The fourth-order valence-corrected chi connectivity index (χ4v) is 2.45. The van der Waals surface area contributed by atoms with E-state index < -0.39 is 0 Å². The third-order valence-electron chi connectivity index (χ3n) is 3.36. The minimum absolute atomic E-state index is 0.330. The van der Waals surface area contributed by atoms with Crippen molar-refractivity contribution in [2.24, 2.45) is 0 Å². The Morgan fingerprint density at radius 3 is 2.38 bits per heavy atom. The molecule has 0 aliphatic carbocycles. The van der Waals surface area contributed by atoms with Gasteiger partial charge in [-0.05, 0) is 20.8 Å². The normalized spacial score (nSPS) is 11.9. The molecule has 0 spiro atoms. The third-order valence-corrected chi connectivity index (χ3v) is 3.36. The first-order chi connectivity index (χ1) is 9.91. The number of hydrogen-bond donors (Lipinski definition) is 1. The molecule has 116 valence electrons. The molecule has 2 rings (SSSR count). The van der Waals surface area contributed by atoms with Gasteiger partial charge in [-0.25, -0.2) is 4.98 Å². The number of imidazole rings is 1.